The fraction of sp³-hybridized carbons (Fsp3) is 0.600. The minimum Gasteiger partial charge on any atom is -0.459 e. The summed E-state index contributed by atoms with van der Waals surface area (Å²) in [7, 11) is 0. The van der Waals surface area contributed by atoms with Gasteiger partial charge in [-0.2, -0.15) is 0 Å². The van der Waals surface area contributed by atoms with Gasteiger partial charge in [0.2, 0.25) is 17.7 Å². The van der Waals surface area contributed by atoms with Gasteiger partial charge in [0.25, 0.3) is 0 Å². The van der Waals surface area contributed by atoms with Crippen molar-refractivity contribution in [2.45, 2.75) is 84.9 Å². The summed E-state index contributed by atoms with van der Waals surface area (Å²) >= 11 is 0. The summed E-state index contributed by atoms with van der Waals surface area (Å²) < 4.78 is 5.52. The SMILES string of the molecule is CC[C@H](C)[C@@H]1NC(=O)[C@H](C(C)C)NC(=O)CCCCCC(=O)Nc2cccc(c2)COC1=O. The molecular formula is C25H37N3O5. The van der Waals surface area contributed by atoms with Crippen molar-refractivity contribution in [3.05, 3.63) is 29.8 Å². The first-order chi connectivity index (χ1) is 15.7. The molecule has 0 saturated heterocycles. The van der Waals surface area contributed by atoms with Gasteiger partial charge in [0.15, 0.2) is 0 Å². The molecule has 0 aliphatic carbocycles. The lowest BCUT2D eigenvalue weighted by atomic mass is 9.97. The topological polar surface area (TPSA) is 114 Å². The molecule has 0 aromatic heterocycles. The fourth-order valence-electron chi connectivity index (χ4n) is 3.65. The number of benzene rings is 1. The lowest BCUT2D eigenvalue weighted by Crippen LogP contribution is -2.55. The van der Waals surface area contributed by atoms with Crippen molar-refractivity contribution in [1.82, 2.24) is 10.6 Å². The predicted molar refractivity (Wildman–Crippen MR) is 126 cm³/mol. The zero-order valence-corrected chi connectivity index (χ0v) is 20.1. The van der Waals surface area contributed by atoms with Gasteiger partial charge in [-0.3, -0.25) is 14.4 Å². The molecule has 8 nitrogen and oxygen atoms in total. The number of carbonyl (C=O) groups excluding carboxylic acids is 4. The highest BCUT2D eigenvalue weighted by atomic mass is 16.5. The van der Waals surface area contributed by atoms with E-state index in [0.29, 0.717) is 31.4 Å². The molecule has 182 valence electrons. The molecular weight excluding hydrogens is 422 g/mol. The van der Waals surface area contributed by atoms with Crippen LogP contribution in [0, 0.1) is 11.8 Å². The molecule has 0 fully saturated rings. The van der Waals surface area contributed by atoms with Gasteiger partial charge in [-0.1, -0.05) is 52.7 Å². The van der Waals surface area contributed by atoms with Crippen LogP contribution >= 0.6 is 0 Å². The Bertz CT molecular complexity index is 839. The molecule has 3 atom stereocenters. The first-order valence-electron chi connectivity index (χ1n) is 11.9. The van der Waals surface area contributed by atoms with E-state index in [2.05, 4.69) is 16.0 Å². The van der Waals surface area contributed by atoms with E-state index < -0.39 is 24.0 Å². The number of rotatable bonds is 3. The van der Waals surface area contributed by atoms with E-state index in [9.17, 15) is 19.2 Å². The van der Waals surface area contributed by atoms with Gasteiger partial charge in [0.05, 0.1) is 0 Å². The van der Waals surface area contributed by atoms with Crippen LogP contribution in [0.4, 0.5) is 5.69 Å². The van der Waals surface area contributed by atoms with Gasteiger partial charge in [-0.15, -0.1) is 0 Å². The quantitative estimate of drug-likeness (QED) is 0.600. The number of hydrogen-bond donors (Lipinski definition) is 3. The number of carbonyl (C=O) groups is 4. The van der Waals surface area contributed by atoms with Crippen molar-refractivity contribution in [2.75, 3.05) is 5.32 Å². The lowest BCUT2D eigenvalue weighted by molar-refractivity contribution is -0.151. The summed E-state index contributed by atoms with van der Waals surface area (Å²) in [6.07, 6.45) is 3.33. The number of hydrogen-bond acceptors (Lipinski definition) is 5. The molecule has 2 rings (SSSR count). The van der Waals surface area contributed by atoms with Crippen LogP contribution in [0.1, 0.15) is 71.8 Å². The van der Waals surface area contributed by atoms with E-state index in [-0.39, 0.29) is 36.7 Å². The van der Waals surface area contributed by atoms with Gasteiger partial charge in [0, 0.05) is 18.5 Å². The van der Waals surface area contributed by atoms with Crippen molar-refractivity contribution in [3.63, 3.8) is 0 Å². The maximum atomic E-state index is 13.0. The van der Waals surface area contributed by atoms with E-state index >= 15 is 0 Å². The molecule has 33 heavy (non-hydrogen) atoms. The number of nitrogens with one attached hydrogen (secondary N) is 3. The van der Waals surface area contributed by atoms with Crippen LogP contribution in [-0.4, -0.2) is 35.8 Å². The molecule has 1 aromatic rings. The predicted octanol–water partition coefficient (Wildman–Crippen LogP) is 3.30. The van der Waals surface area contributed by atoms with E-state index in [1.54, 1.807) is 18.2 Å². The fourth-order valence-corrected chi connectivity index (χ4v) is 3.65. The highest BCUT2D eigenvalue weighted by Crippen LogP contribution is 2.16. The van der Waals surface area contributed by atoms with Gasteiger partial charge >= 0.3 is 5.97 Å². The zero-order chi connectivity index (χ0) is 24.4. The molecule has 1 aromatic carbocycles. The molecule has 3 amide bonds. The summed E-state index contributed by atoms with van der Waals surface area (Å²) in [5, 5.41) is 8.48. The second-order valence-electron chi connectivity index (χ2n) is 9.08. The van der Waals surface area contributed by atoms with Crippen LogP contribution in [0.3, 0.4) is 0 Å². The van der Waals surface area contributed by atoms with Crippen molar-refractivity contribution in [2.24, 2.45) is 11.8 Å². The summed E-state index contributed by atoms with van der Waals surface area (Å²) in [6.45, 7) is 7.54. The third kappa shape index (κ3) is 8.51. The highest BCUT2D eigenvalue weighted by Gasteiger charge is 2.32. The van der Waals surface area contributed by atoms with E-state index in [1.807, 2.05) is 33.8 Å². The first-order valence-corrected chi connectivity index (χ1v) is 11.9. The molecule has 0 spiro atoms. The minimum absolute atomic E-state index is 0.0235. The molecule has 1 heterocycles. The summed E-state index contributed by atoms with van der Waals surface area (Å²) in [5.41, 5.74) is 1.37. The second kappa shape index (κ2) is 13.0. The van der Waals surface area contributed by atoms with Crippen molar-refractivity contribution in [3.8, 4) is 0 Å². The normalized spacial score (nSPS) is 22.7. The Morgan fingerprint density at radius 2 is 1.64 bits per heavy atom. The average molecular weight is 460 g/mol. The minimum atomic E-state index is -0.828. The third-order valence-corrected chi connectivity index (χ3v) is 5.93. The Morgan fingerprint density at radius 1 is 0.939 bits per heavy atom. The summed E-state index contributed by atoms with van der Waals surface area (Å²) in [6, 6.07) is 5.58. The lowest BCUT2D eigenvalue weighted by Gasteiger charge is -2.27. The molecule has 0 unspecified atom stereocenters. The molecule has 1 aliphatic rings. The Balaban J connectivity index is 2.25. The number of esters is 1. The molecule has 3 N–H and O–H groups in total. The van der Waals surface area contributed by atoms with E-state index in [4.69, 9.17) is 4.74 Å². The van der Waals surface area contributed by atoms with Crippen LogP contribution in [-0.2, 0) is 30.5 Å². The van der Waals surface area contributed by atoms with Gasteiger partial charge in [0.1, 0.15) is 18.7 Å². The number of ether oxygens (including phenoxy) is 1. The Labute approximate surface area is 196 Å². The largest absolute Gasteiger partial charge is 0.459 e. The summed E-state index contributed by atoms with van der Waals surface area (Å²) in [4.78, 5) is 50.6. The molecule has 0 saturated carbocycles. The Hall–Kier alpha value is -2.90. The maximum Gasteiger partial charge on any atom is 0.329 e. The van der Waals surface area contributed by atoms with E-state index in [0.717, 1.165) is 12.0 Å². The number of amides is 3. The third-order valence-electron chi connectivity index (χ3n) is 5.93. The Kier molecular flexibility index (Phi) is 10.4. The number of cyclic esters (lactones) is 1. The molecule has 2 bridgehead atoms. The molecule has 0 radical (unpaired) electrons. The van der Waals surface area contributed by atoms with Crippen molar-refractivity contribution < 1.29 is 23.9 Å². The average Bonchev–Trinajstić information content (AvgIpc) is 2.78. The van der Waals surface area contributed by atoms with Gasteiger partial charge in [-0.25, -0.2) is 4.79 Å². The van der Waals surface area contributed by atoms with Crippen LogP contribution in [0.15, 0.2) is 24.3 Å². The maximum absolute atomic E-state index is 13.0. The molecule has 1 aliphatic heterocycles. The van der Waals surface area contributed by atoms with Gasteiger partial charge in [-0.05, 0) is 42.4 Å². The summed E-state index contributed by atoms with van der Waals surface area (Å²) in [5.74, 6) is -1.54. The van der Waals surface area contributed by atoms with Crippen LogP contribution in [0.2, 0.25) is 0 Å². The van der Waals surface area contributed by atoms with Gasteiger partial charge < -0.3 is 20.7 Å². The Morgan fingerprint density at radius 3 is 2.30 bits per heavy atom. The molecule has 8 heteroatoms. The highest BCUT2D eigenvalue weighted by molar-refractivity contribution is 5.91. The smallest absolute Gasteiger partial charge is 0.329 e. The number of fused-ring (bicyclic) bond motifs is 2. The van der Waals surface area contributed by atoms with Crippen LogP contribution in [0.5, 0.6) is 0 Å². The van der Waals surface area contributed by atoms with Crippen LogP contribution < -0.4 is 16.0 Å². The van der Waals surface area contributed by atoms with Crippen molar-refractivity contribution >= 4 is 29.4 Å². The monoisotopic (exact) mass is 459 g/mol. The van der Waals surface area contributed by atoms with Crippen molar-refractivity contribution in [1.29, 1.82) is 0 Å². The van der Waals surface area contributed by atoms with Crippen LogP contribution in [0.25, 0.3) is 0 Å². The standard InChI is InChI=1S/C25H37N3O5/c1-5-17(4)23-25(32)33-15-18-10-9-11-19(14-18)26-20(29)12-7-6-8-13-21(30)27-22(16(2)3)24(31)28-23/h9-11,14,16-17,22-23H,5-8,12-13,15H2,1-4H3,(H,26,29)(H,27,30)(H,28,31)/t17-,22-,23-/m0/s1. The number of anilines is 1. The zero-order valence-electron chi connectivity index (χ0n) is 20.1. The second-order valence-corrected chi connectivity index (χ2v) is 9.08. The van der Waals surface area contributed by atoms with E-state index in [1.165, 1.54) is 0 Å². The first kappa shape index (κ1) is 26.4.